The standard InChI is InChI=1S/C26H30F3N5O2S2/c1-37-34-12-10-18(11-13-34)32-24-30-14-19(26(27,28)29)23(33-24)22-15-31-25(38-22)36-21-9-5-8-20(21)35-16-17-6-3-2-4-7-17/h2-4,6-7,14-15,18,20-21H,5,8-13,16H2,1H3,(H,30,32,33)/t20-,21-/m1/s1. The highest BCUT2D eigenvalue weighted by Crippen LogP contribution is 2.40. The summed E-state index contributed by atoms with van der Waals surface area (Å²) in [6.07, 6.45) is 3.76. The molecule has 2 aliphatic rings. The molecule has 1 saturated carbocycles. The van der Waals surface area contributed by atoms with Crippen molar-refractivity contribution in [1.82, 2.24) is 19.3 Å². The van der Waals surface area contributed by atoms with E-state index in [1.54, 1.807) is 11.9 Å². The number of hydrogen-bond acceptors (Lipinski definition) is 9. The Balaban J connectivity index is 1.28. The summed E-state index contributed by atoms with van der Waals surface area (Å²) < 4.78 is 56.0. The monoisotopic (exact) mass is 565 g/mol. The number of thiazole rings is 1. The molecule has 204 valence electrons. The average Bonchev–Trinajstić information content (AvgIpc) is 3.57. The first kappa shape index (κ1) is 27.2. The third-order valence-corrected chi connectivity index (χ3v) is 8.58. The van der Waals surface area contributed by atoms with Crippen LogP contribution in [0, 0.1) is 0 Å². The maximum Gasteiger partial charge on any atom is 0.420 e. The van der Waals surface area contributed by atoms with E-state index in [2.05, 4.69) is 24.6 Å². The smallest absolute Gasteiger partial charge is 0.420 e. The highest BCUT2D eigenvalue weighted by molar-refractivity contribution is 7.96. The minimum atomic E-state index is -4.59. The lowest BCUT2D eigenvalue weighted by Crippen LogP contribution is -2.35. The summed E-state index contributed by atoms with van der Waals surface area (Å²) >= 11 is 2.76. The second kappa shape index (κ2) is 12.2. The lowest BCUT2D eigenvalue weighted by atomic mass is 10.1. The normalized spacial score (nSPS) is 21.1. The number of nitrogens with one attached hydrogen (secondary N) is 1. The molecule has 1 N–H and O–H groups in total. The van der Waals surface area contributed by atoms with Crippen LogP contribution in [0.25, 0.3) is 10.6 Å². The Hall–Kier alpha value is -2.41. The Morgan fingerprint density at radius 1 is 1.05 bits per heavy atom. The number of benzene rings is 1. The summed E-state index contributed by atoms with van der Waals surface area (Å²) in [5, 5.41) is 3.54. The zero-order valence-corrected chi connectivity index (χ0v) is 22.6. The summed E-state index contributed by atoms with van der Waals surface area (Å²) in [4.78, 5) is 12.8. The van der Waals surface area contributed by atoms with Crippen molar-refractivity contribution >= 4 is 29.2 Å². The zero-order chi connectivity index (χ0) is 26.5. The van der Waals surface area contributed by atoms with E-state index < -0.39 is 11.7 Å². The van der Waals surface area contributed by atoms with Gasteiger partial charge in [-0.3, -0.25) is 4.31 Å². The highest BCUT2D eigenvalue weighted by atomic mass is 32.2. The van der Waals surface area contributed by atoms with Crippen LogP contribution in [0.3, 0.4) is 0 Å². The molecule has 0 bridgehead atoms. The SMILES string of the molecule is CSN1CCC(Nc2ncc(C(F)(F)F)c(-c3cnc(O[C@@H]4CCC[C@H]4OCc4ccccc4)s3)n2)CC1. The maximum absolute atomic E-state index is 13.8. The molecule has 1 aliphatic heterocycles. The van der Waals surface area contributed by atoms with E-state index >= 15 is 0 Å². The number of alkyl halides is 3. The van der Waals surface area contributed by atoms with Gasteiger partial charge in [-0.2, -0.15) is 13.2 Å². The highest BCUT2D eigenvalue weighted by Gasteiger charge is 2.37. The summed E-state index contributed by atoms with van der Waals surface area (Å²) in [6.45, 7) is 2.29. The predicted octanol–water partition coefficient (Wildman–Crippen LogP) is 6.29. The van der Waals surface area contributed by atoms with Gasteiger partial charge in [0.05, 0.1) is 29.5 Å². The molecule has 12 heteroatoms. The van der Waals surface area contributed by atoms with Crippen LogP contribution in [0.15, 0.2) is 42.7 Å². The Morgan fingerprint density at radius 3 is 2.55 bits per heavy atom. The van der Waals surface area contributed by atoms with Crippen molar-refractivity contribution in [2.45, 2.75) is 63.1 Å². The Labute approximate surface area is 228 Å². The molecule has 0 radical (unpaired) electrons. The molecule has 0 unspecified atom stereocenters. The fourth-order valence-electron chi connectivity index (χ4n) is 4.76. The van der Waals surface area contributed by atoms with Crippen LogP contribution in [0.1, 0.15) is 43.2 Å². The largest absolute Gasteiger partial charge is 0.464 e. The van der Waals surface area contributed by atoms with E-state index in [1.165, 1.54) is 6.20 Å². The number of halogens is 3. The summed E-state index contributed by atoms with van der Waals surface area (Å²) in [5.74, 6) is 0.191. The number of ether oxygens (including phenoxy) is 2. The van der Waals surface area contributed by atoms with Crippen molar-refractivity contribution < 1.29 is 22.6 Å². The van der Waals surface area contributed by atoms with Crippen LogP contribution >= 0.6 is 23.3 Å². The number of anilines is 1. The summed E-state index contributed by atoms with van der Waals surface area (Å²) in [6, 6.07) is 10.0. The van der Waals surface area contributed by atoms with Gasteiger partial charge in [-0.05, 0) is 43.9 Å². The van der Waals surface area contributed by atoms with E-state index in [0.29, 0.717) is 11.8 Å². The molecule has 2 aromatic heterocycles. The lowest BCUT2D eigenvalue weighted by molar-refractivity contribution is -0.137. The third kappa shape index (κ3) is 6.77. The quantitative estimate of drug-likeness (QED) is 0.304. The molecule has 1 saturated heterocycles. The van der Waals surface area contributed by atoms with Gasteiger partial charge in [0, 0.05) is 25.3 Å². The van der Waals surface area contributed by atoms with Gasteiger partial charge in [0.25, 0.3) is 5.19 Å². The van der Waals surface area contributed by atoms with E-state index in [4.69, 9.17) is 9.47 Å². The first-order valence-corrected chi connectivity index (χ1v) is 14.7. The van der Waals surface area contributed by atoms with Gasteiger partial charge >= 0.3 is 6.18 Å². The van der Waals surface area contributed by atoms with Crippen molar-refractivity contribution in [3.05, 3.63) is 53.9 Å². The number of rotatable bonds is 9. The molecule has 5 rings (SSSR count). The molecule has 2 fully saturated rings. The van der Waals surface area contributed by atoms with Gasteiger partial charge in [-0.25, -0.2) is 15.0 Å². The van der Waals surface area contributed by atoms with E-state index in [-0.39, 0.29) is 34.8 Å². The summed E-state index contributed by atoms with van der Waals surface area (Å²) in [7, 11) is 0. The van der Waals surface area contributed by atoms with Crippen LogP contribution in [0.4, 0.5) is 19.1 Å². The topological polar surface area (TPSA) is 72.4 Å². The first-order chi connectivity index (χ1) is 18.4. The summed E-state index contributed by atoms with van der Waals surface area (Å²) in [5.41, 5.74) is 0.00457. The minimum absolute atomic E-state index is 0.0966. The molecule has 1 aliphatic carbocycles. The minimum Gasteiger partial charge on any atom is -0.464 e. The molecule has 7 nitrogen and oxygen atoms in total. The van der Waals surface area contributed by atoms with Crippen molar-refractivity contribution in [1.29, 1.82) is 0 Å². The number of nitrogens with zero attached hydrogens (tertiary/aromatic N) is 4. The predicted molar refractivity (Wildman–Crippen MR) is 143 cm³/mol. The molecule has 3 heterocycles. The Morgan fingerprint density at radius 2 is 1.82 bits per heavy atom. The van der Waals surface area contributed by atoms with Crippen molar-refractivity contribution in [2.24, 2.45) is 0 Å². The second-order valence-corrected chi connectivity index (χ2v) is 11.3. The fraction of sp³-hybridized carbons (Fsp3) is 0.500. The molecule has 38 heavy (non-hydrogen) atoms. The lowest BCUT2D eigenvalue weighted by Gasteiger charge is -2.30. The van der Waals surface area contributed by atoms with Crippen LogP contribution in [-0.2, 0) is 17.5 Å². The molecule has 0 spiro atoms. The van der Waals surface area contributed by atoms with Gasteiger partial charge in [0.15, 0.2) is 0 Å². The average molecular weight is 566 g/mol. The van der Waals surface area contributed by atoms with Crippen molar-refractivity contribution in [3.63, 3.8) is 0 Å². The van der Waals surface area contributed by atoms with Crippen LogP contribution < -0.4 is 10.1 Å². The maximum atomic E-state index is 13.8. The van der Waals surface area contributed by atoms with Crippen LogP contribution in [0.2, 0.25) is 0 Å². The molecular formula is C26H30F3N5O2S2. The number of hydrogen-bond donors (Lipinski definition) is 1. The van der Waals surface area contributed by atoms with Gasteiger partial charge in [-0.15, -0.1) is 0 Å². The van der Waals surface area contributed by atoms with Gasteiger partial charge in [0.1, 0.15) is 11.7 Å². The molecular weight excluding hydrogens is 535 g/mol. The molecule has 0 amide bonds. The Kier molecular flexibility index (Phi) is 8.71. The van der Waals surface area contributed by atoms with E-state index in [0.717, 1.165) is 68.3 Å². The molecule has 1 aromatic carbocycles. The third-order valence-electron chi connectivity index (χ3n) is 6.81. The zero-order valence-electron chi connectivity index (χ0n) is 21.0. The van der Waals surface area contributed by atoms with Gasteiger partial charge in [0.2, 0.25) is 5.95 Å². The van der Waals surface area contributed by atoms with Gasteiger partial charge < -0.3 is 14.8 Å². The molecule has 3 aromatic rings. The number of aromatic nitrogens is 3. The van der Waals surface area contributed by atoms with Gasteiger partial charge in [-0.1, -0.05) is 53.6 Å². The Bertz CT molecular complexity index is 1190. The fourth-order valence-corrected chi connectivity index (χ4v) is 6.16. The van der Waals surface area contributed by atoms with Crippen LogP contribution in [0.5, 0.6) is 5.19 Å². The van der Waals surface area contributed by atoms with Crippen LogP contribution in [-0.4, -0.2) is 56.9 Å². The van der Waals surface area contributed by atoms with Crippen molar-refractivity contribution in [2.75, 3.05) is 24.7 Å². The van der Waals surface area contributed by atoms with E-state index in [1.807, 2.05) is 36.6 Å². The first-order valence-electron chi connectivity index (χ1n) is 12.7. The van der Waals surface area contributed by atoms with E-state index in [9.17, 15) is 13.2 Å². The number of piperidine rings is 1. The second-order valence-electron chi connectivity index (χ2n) is 9.40. The molecule has 2 atom stereocenters. The van der Waals surface area contributed by atoms with Crippen molar-refractivity contribution in [3.8, 4) is 15.8 Å².